The smallest absolute Gasteiger partial charge is 0.326 e. The molecule has 1 saturated heterocycles. The van der Waals surface area contributed by atoms with E-state index >= 15 is 0 Å². The Morgan fingerprint density at radius 1 is 0.686 bits per heavy atom. The Morgan fingerprint density at radius 3 is 1.73 bits per heavy atom. The number of amides is 9. The molecule has 11 atom stereocenters. The van der Waals surface area contributed by atoms with Crippen molar-refractivity contribution in [1.82, 2.24) is 42.1 Å². The number of thioether (sulfide) groups is 1. The normalized spacial score (nSPS) is 17.9. The van der Waals surface area contributed by atoms with Crippen LogP contribution in [0.4, 0.5) is 0 Å². The Labute approximate surface area is 422 Å². The van der Waals surface area contributed by atoms with Crippen molar-refractivity contribution in [3.8, 4) is 0 Å². The van der Waals surface area contributed by atoms with E-state index in [-0.39, 0.29) is 56.4 Å². The Hall–Kier alpha value is -4.68. The second-order valence-electron chi connectivity index (χ2n) is 18.9. The molecule has 22 nitrogen and oxygen atoms in total. The maximum atomic E-state index is 14.1. The third-order valence-corrected chi connectivity index (χ3v) is 13.4. The van der Waals surface area contributed by atoms with Gasteiger partial charge in [0.25, 0.3) is 0 Å². The molecule has 0 aromatic carbocycles. The molecular formula is C46H83N11O11S2. The van der Waals surface area contributed by atoms with Crippen LogP contribution in [0.25, 0.3) is 0 Å². The highest BCUT2D eigenvalue weighted by Crippen LogP contribution is 2.21. The van der Waals surface area contributed by atoms with Crippen molar-refractivity contribution >= 4 is 83.5 Å². The largest absolute Gasteiger partial charge is 0.480 e. The zero-order valence-electron chi connectivity index (χ0n) is 42.5. The molecule has 0 aliphatic carbocycles. The van der Waals surface area contributed by atoms with Gasteiger partial charge in [0.1, 0.15) is 48.3 Å². The molecule has 0 aromatic rings. The molecule has 0 radical (unpaired) electrons. The van der Waals surface area contributed by atoms with E-state index in [0.29, 0.717) is 37.9 Å². The summed E-state index contributed by atoms with van der Waals surface area (Å²) in [5.74, 6) is -8.83. The molecule has 1 aliphatic heterocycles. The number of hydrogen-bond acceptors (Lipinski definition) is 14. The molecule has 1 aliphatic rings. The van der Waals surface area contributed by atoms with Gasteiger partial charge < -0.3 is 64.4 Å². The van der Waals surface area contributed by atoms with Crippen molar-refractivity contribution in [1.29, 1.82) is 0 Å². The second-order valence-corrected chi connectivity index (χ2v) is 20.2. The van der Waals surface area contributed by atoms with Crippen LogP contribution in [-0.4, -0.2) is 154 Å². The third-order valence-electron chi connectivity index (χ3n) is 12.4. The number of rotatable bonds is 33. The van der Waals surface area contributed by atoms with E-state index < -0.39 is 132 Å². The number of thiol groups is 1. The lowest BCUT2D eigenvalue weighted by Gasteiger charge is -2.31. The lowest BCUT2D eigenvalue weighted by atomic mass is 9.95. The van der Waals surface area contributed by atoms with Crippen LogP contribution in [0.1, 0.15) is 120 Å². The molecule has 9 amide bonds. The number of hydrogen-bond donors (Lipinski definition) is 12. The number of carbonyl (C=O) groups excluding carboxylic acids is 9. The monoisotopic (exact) mass is 1030 g/mol. The van der Waals surface area contributed by atoms with Gasteiger partial charge >= 0.3 is 5.97 Å². The average molecular weight is 1030 g/mol. The highest BCUT2D eigenvalue weighted by Gasteiger charge is 2.40. The maximum absolute atomic E-state index is 14.1. The third kappa shape index (κ3) is 21.0. The van der Waals surface area contributed by atoms with Crippen molar-refractivity contribution in [2.75, 3.05) is 30.9 Å². The predicted octanol–water partition coefficient (Wildman–Crippen LogP) is -0.736. The first-order valence-corrected chi connectivity index (χ1v) is 26.4. The Balaban J connectivity index is 3.38. The van der Waals surface area contributed by atoms with Gasteiger partial charge in [-0.2, -0.15) is 24.4 Å². The summed E-state index contributed by atoms with van der Waals surface area (Å²) in [6.45, 7) is 14.7. The summed E-state index contributed by atoms with van der Waals surface area (Å²) in [6.07, 6.45) is 3.75. The predicted molar refractivity (Wildman–Crippen MR) is 271 cm³/mol. The van der Waals surface area contributed by atoms with Gasteiger partial charge in [0.2, 0.25) is 53.2 Å². The van der Waals surface area contributed by atoms with Gasteiger partial charge in [-0.05, 0) is 87.2 Å². The molecule has 0 unspecified atom stereocenters. The SMILES string of the molecule is CC[C@H](C)[C@H](NC(=O)[C@@H](NC(=O)[C@H](CCSC)NC(=O)[C@H](CC(N)=O)NC(=O)[C@H](CCCCN)NC(=O)[C@@H]1CCCN1C(=O)[C@H](CS)NC(=O)[C@H](CC(C)C)NC(=O)[C@@H](N)C(C)C)[C@@H](C)CC)C(=O)O. The summed E-state index contributed by atoms with van der Waals surface area (Å²) < 4.78 is 0. The molecule has 0 bridgehead atoms. The topological polar surface area (TPSA) is 356 Å². The molecule has 1 rings (SSSR count). The van der Waals surface area contributed by atoms with E-state index in [4.69, 9.17) is 17.2 Å². The van der Waals surface area contributed by atoms with Gasteiger partial charge in [-0.25, -0.2) is 4.79 Å². The standard InChI is InChI=1S/C46H83N11O11S2/c1-10-26(7)36(44(65)56-37(46(67)68)27(8)11-2)55-39(60)29(17-20-70-9)50-41(62)31(22-34(48)58)52-38(59)28(15-12-13-18-47)51-42(63)33-16-14-19-57(33)45(66)32(23-69)54-40(61)30(21-24(3)4)53-43(64)35(49)25(5)6/h24-33,35-37,69H,10-23,47,49H2,1-9H3,(H2,48,58)(H,50,62)(H,51,63)(H,52,59)(H,53,64)(H,54,61)(H,55,60)(H,56,65)(H,67,68)/t26-,27-,28-,29-,30-,31-,32-,33-,35-,36-,37-/m0/s1. The van der Waals surface area contributed by atoms with Gasteiger partial charge in [0.15, 0.2) is 0 Å². The van der Waals surface area contributed by atoms with Crippen LogP contribution in [0, 0.1) is 23.7 Å². The minimum atomic E-state index is -1.63. The number of nitrogens with two attached hydrogens (primary N) is 3. The molecule has 400 valence electrons. The Bertz CT molecular complexity index is 1780. The fraction of sp³-hybridized carbons (Fsp3) is 0.783. The number of nitrogens with one attached hydrogen (secondary N) is 7. The van der Waals surface area contributed by atoms with Gasteiger partial charge in [-0.1, -0.05) is 68.2 Å². The van der Waals surface area contributed by atoms with Crippen LogP contribution in [0.15, 0.2) is 0 Å². The number of likely N-dealkylation sites (tertiary alicyclic amines) is 1. The number of nitrogens with zero attached hydrogens (tertiary/aromatic N) is 1. The molecular weight excluding hydrogens is 947 g/mol. The minimum absolute atomic E-state index is 0.0161. The molecule has 1 heterocycles. The minimum Gasteiger partial charge on any atom is -0.480 e. The van der Waals surface area contributed by atoms with E-state index in [1.165, 1.54) is 16.7 Å². The van der Waals surface area contributed by atoms with Crippen molar-refractivity contribution in [3.05, 3.63) is 0 Å². The molecule has 70 heavy (non-hydrogen) atoms. The summed E-state index contributed by atoms with van der Waals surface area (Å²) in [6, 6.07) is -10.7. The summed E-state index contributed by atoms with van der Waals surface area (Å²) in [7, 11) is 0. The van der Waals surface area contributed by atoms with Crippen LogP contribution in [0.5, 0.6) is 0 Å². The fourth-order valence-electron chi connectivity index (χ4n) is 7.61. The van der Waals surface area contributed by atoms with Crippen LogP contribution in [0.3, 0.4) is 0 Å². The fourth-order valence-corrected chi connectivity index (χ4v) is 8.32. The Kier molecular flexibility index (Phi) is 29.2. The average Bonchev–Trinajstić information content (AvgIpc) is 3.81. The van der Waals surface area contributed by atoms with E-state index in [1.807, 2.05) is 13.8 Å². The molecule has 1 fully saturated rings. The summed E-state index contributed by atoms with van der Waals surface area (Å²) in [5, 5.41) is 28.2. The summed E-state index contributed by atoms with van der Waals surface area (Å²) >= 11 is 5.69. The van der Waals surface area contributed by atoms with E-state index in [0.717, 1.165) is 0 Å². The van der Waals surface area contributed by atoms with Gasteiger partial charge in [0, 0.05) is 12.3 Å². The van der Waals surface area contributed by atoms with Crippen LogP contribution >= 0.6 is 24.4 Å². The van der Waals surface area contributed by atoms with Crippen LogP contribution < -0.4 is 54.4 Å². The first kappa shape index (κ1) is 63.3. The summed E-state index contributed by atoms with van der Waals surface area (Å²) in [5.41, 5.74) is 17.3. The number of carbonyl (C=O) groups is 10. The van der Waals surface area contributed by atoms with E-state index in [1.54, 1.807) is 47.8 Å². The molecule has 14 N–H and O–H groups in total. The first-order valence-electron chi connectivity index (χ1n) is 24.4. The van der Waals surface area contributed by atoms with Crippen molar-refractivity contribution in [2.45, 2.75) is 174 Å². The maximum Gasteiger partial charge on any atom is 0.326 e. The molecule has 24 heteroatoms. The highest BCUT2D eigenvalue weighted by molar-refractivity contribution is 7.98. The number of carboxylic acid groups (broad SMARTS) is 1. The van der Waals surface area contributed by atoms with Crippen LogP contribution in [-0.2, 0) is 47.9 Å². The van der Waals surface area contributed by atoms with Crippen molar-refractivity contribution < 1.29 is 53.1 Å². The van der Waals surface area contributed by atoms with Gasteiger partial charge in [0.05, 0.1) is 12.5 Å². The quantitative estimate of drug-likeness (QED) is 0.0285. The van der Waals surface area contributed by atoms with E-state index in [2.05, 4.69) is 49.8 Å². The van der Waals surface area contributed by atoms with Crippen LogP contribution in [0.2, 0.25) is 0 Å². The second kappa shape index (κ2) is 32.3. The van der Waals surface area contributed by atoms with Crippen molar-refractivity contribution in [3.63, 3.8) is 0 Å². The lowest BCUT2D eigenvalue weighted by molar-refractivity contribution is -0.144. The summed E-state index contributed by atoms with van der Waals surface area (Å²) in [4.78, 5) is 136. The zero-order valence-corrected chi connectivity index (χ0v) is 44.2. The molecule has 0 saturated carbocycles. The number of primary amides is 1. The first-order chi connectivity index (χ1) is 32.9. The van der Waals surface area contributed by atoms with Gasteiger partial charge in [-0.3, -0.25) is 43.2 Å². The number of carboxylic acids is 1. The Morgan fingerprint density at radius 2 is 1.20 bits per heavy atom. The van der Waals surface area contributed by atoms with Gasteiger partial charge in [-0.15, -0.1) is 0 Å². The molecule has 0 aromatic heterocycles. The van der Waals surface area contributed by atoms with Crippen molar-refractivity contribution in [2.24, 2.45) is 40.9 Å². The zero-order chi connectivity index (χ0) is 53.4. The number of unbranched alkanes of at least 4 members (excludes halogenated alkanes) is 1. The van der Waals surface area contributed by atoms with E-state index in [9.17, 15) is 53.1 Å². The highest BCUT2D eigenvalue weighted by atomic mass is 32.2. The number of aliphatic carboxylic acids is 1. The molecule has 0 spiro atoms. The lowest BCUT2D eigenvalue weighted by Crippen LogP contribution is -2.61.